The van der Waals surface area contributed by atoms with Gasteiger partial charge in [0, 0.05) is 46.8 Å². The number of carbonyl (C=O) groups is 1. The number of methoxy groups -OCH3 is 1. The molecule has 5 rings (SSSR count). The van der Waals surface area contributed by atoms with Crippen molar-refractivity contribution >= 4 is 45.5 Å². The van der Waals surface area contributed by atoms with Crippen LogP contribution in [0, 0.1) is 0 Å². The fourth-order valence-corrected chi connectivity index (χ4v) is 5.11. The van der Waals surface area contributed by atoms with Crippen LogP contribution in [0.4, 0.5) is 17.1 Å². The van der Waals surface area contributed by atoms with Crippen molar-refractivity contribution in [1.29, 1.82) is 0 Å². The maximum atomic E-state index is 12.9. The number of anilines is 3. The minimum Gasteiger partial charge on any atom is -0.497 e. The first-order valence-corrected chi connectivity index (χ1v) is 13.7. The zero-order valence-electron chi connectivity index (χ0n) is 22.2. The SMILES string of the molecule is COc1ccc(CNCc2cc(NC(=O)CN3CCCCC3)cc(Nc3ccnc4ccc(Cl)cc34)c2)cc1. The number of nitrogens with zero attached hydrogens (tertiary/aromatic N) is 2. The number of aromatic nitrogens is 1. The number of hydrogen-bond acceptors (Lipinski definition) is 6. The molecule has 2 heterocycles. The molecule has 1 aliphatic heterocycles. The highest BCUT2D eigenvalue weighted by Gasteiger charge is 2.15. The summed E-state index contributed by atoms with van der Waals surface area (Å²) in [5, 5.41) is 11.8. The highest BCUT2D eigenvalue weighted by molar-refractivity contribution is 6.31. The smallest absolute Gasteiger partial charge is 0.238 e. The fourth-order valence-electron chi connectivity index (χ4n) is 4.94. The zero-order valence-corrected chi connectivity index (χ0v) is 22.9. The number of piperidine rings is 1. The van der Waals surface area contributed by atoms with Gasteiger partial charge in [0.15, 0.2) is 0 Å². The molecule has 0 aliphatic carbocycles. The van der Waals surface area contributed by atoms with Gasteiger partial charge in [-0.25, -0.2) is 0 Å². The number of nitrogens with one attached hydrogen (secondary N) is 3. The van der Waals surface area contributed by atoms with Crippen LogP contribution in [0.2, 0.25) is 5.02 Å². The van der Waals surface area contributed by atoms with Gasteiger partial charge in [-0.1, -0.05) is 30.2 Å². The lowest BCUT2D eigenvalue weighted by molar-refractivity contribution is -0.117. The summed E-state index contributed by atoms with van der Waals surface area (Å²) in [5.41, 5.74) is 5.62. The lowest BCUT2D eigenvalue weighted by Crippen LogP contribution is -2.36. The molecule has 0 radical (unpaired) electrons. The van der Waals surface area contributed by atoms with E-state index >= 15 is 0 Å². The summed E-state index contributed by atoms with van der Waals surface area (Å²) in [4.78, 5) is 19.6. The number of carbonyl (C=O) groups excluding carboxylic acids is 1. The Morgan fingerprint density at radius 3 is 2.49 bits per heavy atom. The number of benzene rings is 3. The summed E-state index contributed by atoms with van der Waals surface area (Å²) < 4.78 is 5.25. The molecule has 0 spiro atoms. The van der Waals surface area contributed by atoms with Crippen LogP contribution >= 0.6 is 11.6 Å². The molecule has 7 nitrogen and oxygen atoms in total. The first-order chi connectivity index (χ1) is 19.1. The van der Waals surface area contributed by atoms with Crippen molar-refractivity contribution in [3.05, 3.63) is 89.1 Å². The van der Waals surface area contributed by atoms with Crippen LogP contribution in [-0.2, 0) is 17.9 Å². The maximum Gasteiger partial charge on any atom is 0.238 e. The number of hydrogen-bond donors (Lipinski definition) is 3. The van der Waals surface area contributed by atoms with Crippen molar-refractivity contribution in [2.24, 2.45) is 0 Å². The maximum absolute atomic E-state index is 12.9. The Kier molecular flexibility index (Phi) is 8.93. The van der Waals surface area contributed by atoms with Gasteiger partial charge >= 0.3 is 0 Å². The van der Waals surface area contributed by atoms with Crippen LogP contribution in [0.1, 0.15) is 30.4 Å². The minimum absolute atomic E-state index is 0.00679. The Morgan fingerprint density at radius 2 is 1.69 bits per heavy atom. The lowest BCUT2D eigenvalue weighted by Gasteiger charge is -2.25. The molecule has 1 amide bonds. The predicted octanol–water partition coefficient (Wildman–Crippen LogP) is 6.35. The second-order valence-corrected chi connectivity index (χ2v) is 10.3. The molecule has 0 unspecified atom stereocenters. The summed E-state index contributed by atoms with van der Waals surface area (Å²) in [6.07, 6.45) is 5.33. The normalized spacial score (nSPS) is 13.8. The Labute approximate surface area is 234 Å². The van der Waals surface area contributed by atoms with Gasteiger partial charge in [-0.05, 0) is 91.7 Å². The lowest BCUT2D eigenvalue weighted by atomic mass is 10.1. The van der Waals surface area contributed by atoms with E-state index in [9.17, 15) is 4.79 Å². The van der Waals surface area contributed by atoms with Crippen LogP contribution in [0.25, 0.3) is 10.9 Å². The van der Waals surface area contributed by atoms with Crippen LogP contribution < -0.4 is 20.7 Å². The molecule has 0 atom stereocenters. The molecule has 4 aromatic rings. The molecule has 39 heavy (non-hydrogen) atoms. The Hall–Kier alpha value is -3.65. The van der Waals surface area contributed by atoms with Crippen molar-refractivity contribution in [3.63, 3.8) is 0 Å². The number of fused-ring (bicyclic) bond motifs is 1. The highest BCUT2D eigenvalue weighted by atomic mass is 35.5. The third-order valence-electron chi connectivity index (χ3n) is 6.89. The highest BCUT2D eigenvalue weighted by Crippen LogP contribution is 2.29. The quantitative estimate of drug-likeness (QED) is 0.216. The van der Waals surface area contributed by atoms with E-state index in [-0.39, 0.29) is 5.91 Å². The predicted molar refractivity (Wildman–Crippen MR) is 159 cm³/mol. The van der Waals surface area contributed by atoms with Crippen LogP contribution in [0.3, 0.4) is 0 Å². The summed E-state index contributed by atoms with van der Waals surface area (Å²) in [6, 6.07) is 21.7. The third kappa shape index (κ3) is 7.47. The second-order valence-electron chi connectivity index (χ2n) is 9.90. The largest absolute Gasteiger partial charge is 0.497 e. The summed E-state index contributed by atoms with van der Waals surface area (Å²) in [7, 11) is 1.67. The second kappa shape index (κ2) is 12.9. The summed E-state index contributed by atoms with van der Waals surface area (Å²) in [6.45, 7) is 3.72. The molecular weight excluding hydrogens is 510 g/mol. The zero-order chi connectivity index (χ0) is 27.0. The van der Waals surface area contributed by atoms with E-state index in [0.29, 0.717) is 24.7 Å². The number of halogens is 1. The van der Waals surface area contributed by atoms with Gasteiger partial charge in [-0.3, -0.25) is 14.7 Å². The van der Waals surface area contributed by atoms with E-state index in [4.69, 9.17) is 16.3 Å². The van der Waals surface area contributed by atoms with Crippen molar-refractivity contribution in [1.82, 2.24) is 15.2 Å². The molecular formula is C31H34ClN5O2. The molecule has 1 fully saturated rings. The Balaban J connectivity index is 1.34. The van der Waals surface area contributed by atoms with E-state index in [1.807, 2.05) is 48.5 Å². The van der Waals surface area contributed by atoms with E-state index in [0.717, 1.165) is 65.2 Å². The van der Waals surface area contributed by atoms with Crippen LogP contribution in [0.5, 0.6) is 5.75 Å². The first kappa shape index (κ1) is 26.9. The van der Waals surface area contributed by atoms with Crippen LogP contribution in [-0.4, -0.2) is 42.5 Å². The number of amides is 1. The average Bonchev–Trinajstić information content (AvgIpc) is 2.94. The van der Waals surface area contributed by atoms with Crippen molar-refractivity contribution in [2.75, 3.05) is 37.4 Å². The molecule has 202 valence electrons. The van der Waals surface area contributed by atoms with Crippen molar-refractivity contribution in [3.8, 4) is 5.75 Å². The topological polar surface area (TPSA) is 78.5 Å². The summed E-state index contributed by atoms with van der Waals surface area (Å²) in [5.74, 6) is 0.847. The van der Waals surface area contributed by atoms with E-state index in [2.05, 4.69) is 44.0 Å². The van der Waals surface area contributed by atoms with E-state index < -0.39 is 0 Å². The molecule has 8 heteroatoms. The molecule has 1 saturated heterocycles. The van der Waals surface area contributed by atoms with Gasteiger partial charge in [-0.2, -0.15) is 0 Å². The van der Waals surface area contributed by atoms with E-state index in [1.165, 1.54) is 12.0 Å². The molecule has 3 N–H and O–H groups in total. The molecule has 0 bridgehead atoms. The third-order valence-corrected chi connectivity index (χ3v) is 7.13. The van der Waals surface area contributed by atoms with Crippen LogP contribution in [0.15, 0.2) is 72.9 Å². The van der Waals surface area contributed by atoms with Crippen molar-refractivity contribution < 1.29 is 9.53 Å². The summed E-state index contributed by atoms with van der Waals surface area (Å²) >= 11 is 6.28. The van der Waals surface area contributed by atoms with Gasteiger partial charge in [-0.15, -0.1) is 0 Å². The number of likely N-dealkylation sites (tertiary alicyclic amines) is 1. The molecule has 1 aromatic heterocycles. The molecule has 1 aliphatic rings. The Morgan fingerprint density at radius 1 is 0.923 bits per heavy atom. The van der Waals surface area contributed by atoms with Gasteiger partial charge < -0.3 is 20.7 Å². The van der Waals surface area contributed by atoms with Gasteiger partial charge in [0.2, 0.25) is 5.91 Å². The monoisotopic (exact) mass is 543 g/mol. The average molecular weight is 544 g/mol. The number of rotatable bonds is 10. The van der Waals surface area contributed by atoms with E-state index in [1.54, 1.807) is 13.3 Å². The first-order valence-electron chi connectivity index (χ1n) is 13.4. The standard InChI is InChI=1S/C31H34ClN5O2/c1-39-27-8-5-22(6-9-27)19-33-20-23-15-25(35-30-11-12-34-29-10-7-24(32)17-28(29)30)18-26(16-23)36-31(38)21-37-13-3-2-4-14-37/h5-12,15-18,33H,2-4,13-14,19-21H2,1H3,(H,34,35)(H,36,38). The molecule has 0 saturated carbocycles. The Bertz CT molecular complexity index is 1420. The van der Waals surface area contributed by atoms with Crippen molar-refractivity contribution in [2.45, 2.75) is 32.4 Å². The van der Waals surface area contributed by atoms with Gasteiger partial charge in [0.25, 0.3) is 0 Å². The number of pyridine rings is 1. The minimum atomic E-state index is 0.00679. The van der Waals surface area contributed by atoms with Gasteiger partial charge in [0.05, 0.1) is 19.2 Å². The van der Waals surface area contributed by atoms with Gasteiger partial charge in [0.1, 0.15) is 5.75 Å². The number of ether oxygens (including phenoxy) is 1. The fraction of sp³-hybridized carbons (Fsp3) is 0.290. The molecule has 3 aromatic carbocycles.